The van der Waals surface area contributed by atoms with Crippen molar-refractivity contribution in [3.63, 3.8) is 0 Å². The molecule has 0 amide bonds. The van der Waals surface area contributed by atoms with E-state index in [0.29, 0.717) is 0 Å². The van der Waals surface area contributed by atoms with Crippen LogP contribution in [0.2, 0.25) is 0 Å². The lowest BCUT2D eigenvalue weighted by atomic mass is 10.1. The van der Waals surface area contributed by atoms with Crippen LogP contribution in [0.4, 0.5) is 11.6 Å². The van der Waals surface area contributed by atoms with Gasteiger partial charge >= 0.3 is 0 Å². The third-order valence-corrected chi connectivity index (χ3v) is 4.42. The zero-order valence-electron chi connectivity index (χ0n) is 13.8. The molecule has 4 rings (SSSR count). The van der Waals surface area contributed by atoms with Crippen molar-refractivity contribution in [3.05, 3.63) is 42.6 Å². The summed E-state index contributed by atoms with van der Waals surface area (Å²) in [5.74, 6) is 2.67. The van der Waals surface area contributed by atoms with Crippen molar-refractivity contribution in [1.82, 2.24) is 24.6 Å². The summed E-state index contributed by atoms with van der Waals surface area (Å²) in [6, 6.07) is 7.90. The van der Waals surface area contributed by atoms with E-state index in [-0.39, 0.29) is 6.04 Å². The second-order valence-corrected chi connectivity index (χ2v) is 6.16. The number of aromatic nitrogens is 5. The summed E-state index contributed by atoms with van der Waals surface area (Å²) in [7, 11) is 0. The molecule has 7 nitrogen and oxygen atoms in total. The molecule has 0 aliphatic carbocycles. The largest absolute Gasteiger partial charge is 0.360 e. The smallest absolute Gasteiger partial charge is 0.160 e. The van der Waals surface area contributed by atoms with E-state index in [2.05, 4.69) is 37.3 Å². The van der Waals surface area contributed by atoms with E-state index in [9.17, 15) is 0 Å². The molecule has 3 aromatic heterocycles. The maximum absolute atomic E-state index is 4.42. The standard InChI is InChI=1S/C17H21N7/c1-13(17-22-21-15-7-3-6-10-24(15)17)20-14-11-16(19-12-18-14)23-8-4-2-5-9-23/h3,6-7,10-13H,2,4-5,8-9H2,1H3,(H,18,19,20). The molecule has 1 saturated heterocycles. The van der Waals surface area contributed by atoms with Gasteiger partial charge in [-0.2, -0.15) is 0 Å². The molecule has 124 valence electrons. The van der Waals surface area contributed by atoms with Crippen LogP contribution in [-0.2, 0) is 0 Å². The maximum Gasteiger partial charge on any atom is 0.160 e. The number of hydrogen-bond donors (Lipinski definition) is 1. The maximum atomic E-state index is 4.42. The monoisotopic (exact) mass is 323 g/mol. The molecule has 0 spiro atoms. The molecule has 1 unspecified atom stereocenters. The molecular formula is C17H21N7. The van der Waals surface area contributed by atoms with Crippen LogP contribution in [0.5, 0.6) is 0 Å². The van der Waals surface area contributed by atoms with E-state index in [1.807, 2.05) is 34.9 Å². The van der Waals surface area contributed by atoms with Crippen molar-refractivity contribution >= 4 is 17.3 Å². The first-order chi connectivity index (χ1) is 11.8. The van der Waals surface area contributed by atoms with E-state index in [0.717, 1.165) is 36.2 Å². The minimum absolute atomic E-state index is 0.00786. The summed E-state index contributed by atoms with van der Waals surface area (Å²) in [5, 5.41) is 11.9. The van der Waals surface area contributed by atoms with Crippen LogP contribution in [0.3, 0.4) is 0 Å². The van der Waals surface area contributed by atoms with Crippen molar-refractivity contribution in [1.29, 1.82) is 0 Å². The van der Waals surface area contributed by atoms with Crippen LogP contribution in [0.1, 0.15) is 38.1 Å². The molecule has 7 heteroatoms. The Hall–Kier alpha value is -2.70. The molecule has 0 aromatic carbocycles. The third kappa shape index (κ3) is 2.89. The van der Waals surface area contributed by atoms with Gasteiger partial charge in [0.1, 0.15) is 18.0 Å². The molecular weight excluding hydrogens is 302 g/mol. The highest BCUT2D eigenvalue weighted by Crippen LogP contribution is 2.22. The van der Waals surface area contributed by atoms with Crippen LogP contribution in [0, 0.1) is 0 Å². The molecule has 1 N–H and O–H groups in total. The molecule has 4 heterocycles. The molecule has 0 bridgehead atoms. The van der Waals surface area contributed by atoms with Gasteiger partial charge in [0.25, 0.3) is 0 Å². The van der Waals surface area contributed by atoms with E-state index in [1.165, 1.54) is 19.3 Å². The molecule has 1 aliphatic heterocycles. The van der Waals surface area contributed by atoms with Crippen molar-refractivity contribution in [2.45, 2.75) is 32.2 Å². The number of anilines is 2. The molecule has 24 heavy (non-hydrogen) atoms. The van der Waals surface area contributed by atoms with Gasteiger partial charge in [0.05, 0.1) is 6.04 Å². The number of hydrogen-bond acceptors (Lipinski definition) is 6. The van der Waals surface area contributed by atoms with Gasteiger partial charge in [0, 0.05) is 25.4 Å². The highest BCUT2D eigenvalue weighted by molar-refractivity contribution is 5.49. The Bertz CT molecular complexity index is 822. The van der Waals surface area contributed by atoms with Gasteiger partial charge < -0.3 is 10.2 Å². The quantitative estimate of drug-likeness (QED) is 0.796. The Balaban J connectivity index is 1.54. The first kappa shape index (κ1) is 14.9. The number of pyridine rings is 1. The minimum Gasteiger partial charge on any atom is -0.360 e. The number of rotatable bonds is 4. The Labute approximate surface area is 140 Å². The molecule has 1 fully saturated rings. The first-order valence-corrected chi connectivity index (χ1v) is 8.44. The van der Waals surface area contributed by atoms with Crippen LogP contribution in [0.15, 0.2) is 36.8 Å². The van der Waals surface area contributed by atoms with Crippen molar-refractivity contribution < 1.29 is 0 Å². The predicted octanol–water partition coefficient (Wildman–Crippen LogP) is 2.68. The fourth-order valence-corrected chi connectivity index (χ4v) is 3.16. The summed E-state index contributed by atoms with van der Waals surface area (Å²) in [6.07, 6.45) is 7.37. The SMILES string of the molecule is CC(Nc1cc(N2CCCCC2)ncn1)c1nnc2ccccn12. The lowest BCUT2D eigenvalue weighted by Crippen LogP contribution is -2.30. The van der Waals surface area contributed by atoms with Gasteiger partial charge in [0.2, 0.25) is 0 Å². The highest BCUT2D eigenvalue weighted by atomic mass is 15.3. The van der Waals surface area contributed by atoms with Crippen molar-refractivity contribution in [3.8, 4) is 0 Å². The highest BCUT2D eigenvalue weighted by Gasteiger charge is 2.16. The van der Waals surface area contributed by atoms with Crippen LogP contribution in [-0.4, -0.2) is 37.7 Å². The molecule has 0 saturated carbocycles. The zero-order valence-corrected chi connectivity index (χ0v) is 13.8. The number of nitrogens with one attached hydrogen (secondary N) is 1. The molecule has 1 atom stereocenters. The normalized spacial score (nSPS) is 16.3. The number of nitrogens with zero attached hydrogens (tertiary/aromatic N) is 6. The van der Waals surface area contributed by atoms with Crippen LogP contribution >= 0.6 is 0 Å². The molecule has 3 aromatic rings. The topological polar surface area (TPSA) is 71.2 Å². The van der Waals surface area contributed by atoms with Crippen LogP contribution in [0.25, 0.3) is 5.65 Å². The summed E-state index contributed by atoms with van der Waals surface area (Å²) in [6.45, 7) is 4.20. The predicted molar refractivity (Wildman–Crippen MR) is 93.1 cm³/mol. The first-order valence-electron chi connectivity index (χ1n) is 8.44. The Morgan fingerprint density at radius 2 is 1.96 bits per heavy atom. The summed E-state index contributed by atoms with van der Waals surface area (Å²) >= 11 is 0. The summed E-state index contributed by atoms with van der Waals surface area (Å²) in [4.78, 5) is 11.1. The fraction of sp³-hybridized carbons (Fsp3) is 0.412. The van der Waals surface area contributed by atoms with Gasteiger partial charge in [-0.05, 0) is 38.3 Å². The van der Waals surface area contributed by atoms with E-state index >= 15 is 0 Å². The average molecular weight is 323 g/mol. The lowest BCUT2D eigenvalue weighted by Gasteiger charge is -2.27. The van der Waals surface area contributed by atoms with Gasteiger partial charge in [-0.15, -0.1) is 10.2 Å². The van der Waals surface area contributed by atoms with E-state index in [4.69, 9.17) is 0 Å². The van der Waals surface area contributed by atoms with Crippen LogP contribution < -0.4 is 10.2 Å². The van der Waals surface area contributed by atoms with E-state index < -0.39 is 0 Å². The zero-order chi connectivity index (χ0) is 16.4. The van der Waals surface area contributed by atoms with Gasteiger partial charge in [-0.25, -0.2) is 9.97 Å². The summed E-state index contributed by atoms with van der Waals surface area (Å²) in [5.41, 5.74) is 0.845. The van der Waals surface area contributed by atoms with Gasteiger partial charge in [0.15, 0.2) is 11.5 Å². The van der Waals surface area contributed by atoms with E-state index in [1.54, 1.807) is 6.33 Å². The lowest BCUT2D eigenvalue weighted by molar-refractivity contribution is 0.573. The Morgan fingerprint density at radius 3 is 2.83 bits per heavy atom. The minimum atomic E-state index is -0.00786. The summed E-state index contributed by atoms with van der Waals surface area (Å²) < 4.78 is 1.99. The fourth-order valence-electron chi connectivity index (χ4n) is 3.16. The molecule has 0 radical (unpaired) electrons. The van der Waals surface area contributed by atoms with Crippen molar-refractivity contribution in [2.75, 3.05) is 23.3 Å². The second kappa shape index (κ2) is 6.43. The Kier molecular flexibility index (Phi) is 3.98. The second-order valence-electron chi connectivity index (χ2n) is 6.16. The van der Waals surface area contributed by atoms with Gasteiger partial charge in [-0.3, -0.25) is 4.40 Å². The number of piperidine rings is 1. The Morgan fingerprint density at radius 1 is 1.08 bits per heavy atom. The molecule has 1 aliphatic rings. The number of fused-ring (bicyclic) bond motifs is 1. The third-order valence-electron chi connectivity index (χ3n) is 4.42. The van der Waals surface area contributed by atoms with Crippen molar-refractivity contribution in [2.24, 2.45) is 0 Å². The van der Waals surface area contributed by atoms with Gasteiger partial charge in [-0.1, -0.05) is 6.07 Å². The average Bonchev–Trinajstić information content (AvgIpc) is 3.07.